The zero-order valence-corrected chi connectivity index (χ0v) is 16.8. The molecule has 1 heterocycles. The van der Waals surface area contributed by atoms with E-state index in [2.05, 4.69) is 31.1 Å². The molecule has 1 amide bonds. The zero-order chi connectivity index (χ0) is 18.8. The molecule has 2 aromatic carbocycles. The Balaban J connectivity index is 2.28. The predicted molar refractivity (Wildman–Crippen MR) is 106 cm³/mol. The van der Waals surface area contributed by atoms with Crippen LogP contribution in [0.2, 0.25) is 0 Å². The fourth-order valence-electron chi connectivity index (χ4n) is 2.62. The van der Waals surface area contributed by atoms with Gasteiger partial charge in [-0.15, -0.1) is 0 Å². The maximum atomic E-state index is 12.5. The van der Waals surface area contributed by atoms with Gasteiger partial charge in [0.25, 0.3) is 5.91 Å². The molecule has 1 unspecified atom stereocenters. The number of benzene rings is 2. The number of methoxy groups -OCH3 is 1. The van der Waals surface area contributed by atoms with Crippen LogP contribution in [0, 0.1) is 0 Å². The highest BCUT2D eigenvalue weighted by Crippen LogP contribution is 2.33. The molecule has 0 bridgehead atoms. The fourth-order valence-corrected chi connectivity index (χ4v) is 3.36. The van der Waals surface area contributed by atoms with Crippen molar-refractivity contribution in [3.05, 3.63) is 46.6 Å². The van der Waals surface area contributed by atoms with E-state index in [1.807, 2.05) is 24.3 Å². The summed E-state index contributed by atoms with van der Waals surface area (Å²) in [6.07, 6.45) is 1.53. The first-order valence-electron chi connectivity index (χ1n) is 7.63. The molecule has 1 aromatic heterocycles. The number of hydrogen-bond acceptors (Lipinski definition) is 4. The Kier molecular flexibility index (Phi) is 5.28. The Morgan fingerprint density at radius 1 is 1.27 bits per heavy atom. The average Bonchev–Trinajstić information content (AvgIpc) is 2.98. The molecule has 7 nitrogen and oxygen atoms in total. The van der Waals surface area contributed by atoms with Crippen LogP contribution >= 0.6 is 15.9 Å². The number of rotatable bonds is 5. The smallest absolute Gasteiger partial charge is 0.270 e. The SMILES string of the molecule is CNC(=O)c1c2cc(OC)c(NS(C)=O)cc2nn1-c1ccc(Br)cc1. The summed E-state index contributed by atoms with van der Waals surface area (Å²) >= 11 is 3.40. The van der Waals surface area contributed by atoms with E-state index in [4.69, 9.17) is 4.74 Å². The summed E-state index contributed by atoms with van der Waals surface area (Å²) < 4.78 is 22.3. The Labute approximate surface area is 161 Å². The number of aromatic nitrogens is 2. The van der Waals surface area contributed by atoms with E-state index >= 15 is 0 Å². The van der Waals surface area contributed by atoms with Gasteiger partial charge in [0.1, 0.15) is 22.4 Å². The van der Waals surface area contributed by atoms with Crippen molar-refractivity contribution in [2.24, 2.45) is 0 Å². The van der Waals surface area contributed by atoms with E-state index in [1.165, 1.54) is 13.4 Å². The van der Waals surface area contributed by atoms with Crippen LogP contribution in [-0.2, 0) is 11.0 Å². The maximum absolute atomic E-state index is 12.5. The minimum atomic E-state index is -1.27. The van der Waals surface area contributed by atoms with Crippen LogP contribution in [0.4, 0.5) is 5.69 Å². The molecule has 26 heavy (non-hydrogen) atoms. The third kappa shape index (κ3) is 3.45. The average molecular weight is 437 g/mol. The summed E-state index contributed by atoms with van der Waals surface area (Å²) in [5.41, 5.74) is 2.27. The highest BCUT2D eigenvalue weighted by atomic mass is 79.9. The fraction of sp³-hybridized carbons (Fsp3) is 0.176. The van der Waals surface area contributed by atoms with Gasteiger partial charge in [-0.1, -0.05) is 15.9 Å². The first-order chi connectivity index (χ1) is 12.4. The first-order valence-corrected chi connectivity index (χ1v) is 9.98. The lowest BCUT2D eigenvalue weighted by molar-refractivity contribution is 0.0957. The molecule has 0 spiro atoms. The quantitative estimate of drug-likeness (QED) is 0.643. The number of nitrogens with zero attached hydrogens (tertiary/aromatic N) is 2. The van der Waals surface area contributed by atoms with Crippen LogP contribution < -0.4 is 14.8 Å². The van der Waals surface area contributed by atoms with Crippen molar-refractivity contribution in [3.8, 4) is 11.4 Å². The molecule has 0 aliphatic rings. The van der Waals surface area contributed by atoms with Gasteiger partial charge in [-0.2, -0.15) is 5.10 Å². The number of ether oxygens (including phenoxy) is 1. The van der Waals surface area contributed by atoms with Gasteiger partial charge in [-0.3, -0.25) is 4.79 Å². The number of fused-ring (bicyclic) bond motifs is 1. The second-order valence-electron chi connectivity index (χ2n) is 5.44. The zero-order valence-electron chi connectivity index (χ0n) is 14.4. The number of carbonyl (C=O) groups excluding carboxylic acids is 1. The minimum Gasteiger partial charge on any atom is -0.495 e. The second kappa shape index (κ2) is 7.46. The summed E-state index contributed by atoms with van der Waals surface area (Å²) in [4.78, 5) is 12.5. The van der Waals surface area contributed by atoms with E-state index < -0.39 is 11.0 Å². The maximum Gasteiger partial charge on any atom is 0.270 e. The van der Waals surface area contributed by atoms with Gasteiger partial charge in [0.2, 0.25) is 0 Å². The van der Waals surface area contributed by atoms with Crippen LogP contribution in [0.25, 0.3) is 16.6 Å². The van der Waals surface area contributed by atoms with Gasteiger partial charge in [0, 0.05) is 23.2 Å². The molecule has 1 atom stereocenters. The number of anilines is 1. The molecule has 3 aromatic rings. The number of amides is 1. The third-order valence-corrected chi connectivity index (χ3v) is 4.80. The largest absolute Gasteiger partial charge is 0.495 e. The highest BCUT2D eigenvalue weighted by molar-refractivity contribution is 9.10. The van der Waals surface area contributed by atoms with E-state index in [1.54, 1.807) is 23.9 Å². The molecule has 3 rings (SSSR count). The number of halogens is 1. The van der Waals surface area contributed by atoms with Crippen LogP contribution in [0.15, 0.2) is 40.9 Å². The number of carbonyl (C=O) groups is 1. The standard InChI is InChI=1S/C17H17BrN4O3S/c1-19-17(23)16-12-8-15(25-2)14(21-26(3)24)9-13(12)20-22(16)11-6-4-10(18)5-7-11/h4-9,21H,1-3H3,(H,19,23). The first kappa shape index (κ1) is 18.4. The van der Waals surface area contributed by atoms with E-state index in [0.29, 0.717) is 28.0 Å². The number of hydrogen-bond donors (Lipinski definition) is 2. The van der Waals surface area contributed by atoms with Gasteiger partial charge in [-0.05, 0) is 36.4 Å². The van der Waals surface area contributed by atoms with Gasteiger partial charge in [0.05, 0.1) is 24.0 Å². The van der Waals surface area contributed by atoms with Crippen LogP contribution in [0.3, 0.4) is 0 Å². The van der Waals surface area contributed by atoms with Crippen molar-refractivity contribution in [1.29, 1.82) is 0 Å². The van der Waals surface area contributed by atoms with Crippen molar-refractivity contribution < 1.29 is 13.7 Å². The molecule has 2 N–H and O–H groups in total. The van der Waals surface area contributed by atoms with Crippen LogP contribution in [0.5, 0.6) is 5.75 Å². The minimum absolute atomic E-state index is 0.266. The molecule has 9 heteroatoms. The molecule has 0 aliphatic carbocycles. The Hall–Kier alpha value is -2.39. The lowest BCUT2D eigenvalue weighted by Crippen LogP contribution is -2.21. The van der Waals surface area contributed by atoms with Crippen molar-refractivity contribution in [1.82, 2.24) is 15.1 Å². The monoisotopic (exact) mass is 436 g/mol. The van der Waals surface area contributed by atoms with Crippen molar-refractivity contribution in [2.45, 2.75) is 0 Å². The summed E-state index contributed by atoms with van der Waals surface area (Å²) in [5, 5.41) is 7.86. The van der Waals surface area contributed by atoms with Gasteiger partial charge >= 0.3 is 0 Å². The second-order valence-corrected chi connectivity index (χ2v) is 7.47. The Morgan fingerprint density at radius 2 is 1.96 bits per heavy atom. The van der Waals surface area contributed by atoms with E-state index in [0.717, 1.165) is 10.2 Å². The Morgan fingerprint density at radius 3 is 2.54 bits per heavy atom. The van der Waals surface area contributed by atoms with Crippen molar-refractivity contribution in [3.63, 3.8) is 0 Å². The molecule has 0 fully saturated rings. The normalized spacial score (nSPS) is 12.0. The molecular formula is C17H17BrN4O3S. The van der Waals surface area contributed by atoms with Gasteiger partial charge in [-0.25, -0.2) is 8.89 Å². The summed E-state index contributed by atoms with van der Waals surface area (Å²) in [6.45, 7) is 0. The van der Waals surface area contributed by atoms with E-state index in [9.17, 15) is 9.00 Å². The van der Waals surface area contributed by atoms with Crippen LogP contribution in [-0.4, -0.2) is 40.3 Å². The lowest BCUT2D eigenvalue weighted by Gasteiger charge is -2.09. The molecular weight excluding hydrogens is 420 g/mol. The van der Waals surface area contributed by atoms with Gasteiger partial charge in [0.15, 0.2) is 0 Å². The molecule has 136 valence electrons. The summed E-state index contributed by atoms with van der Waals surface area (Å²) in [7, 11) is 1.82. The lowest BCUT2D eigenvalue weighted by atomic mass is 10.1. The Bertz CT molecular complexity index is 1000. The topological polar surface area (TPSA) is 85.2 Å². The van der Waals surface area contributed by atoms with Gasteiger partial charge < -0.3 is 14.8 Å². The van der Waals surface area contributed by atoms with Crippen molar-refractivity contribution >= 4 is 49.4 Å². The van der Waals surface area contributed by atoms with Crippen LogP contribution in [0.1, 0.15) is 10.5 Å². The number of nitrogens with one attached hydrogen (secondary N) is 2. The summed E-state index contributed by atoms with van der Waals surface area (Å²) in [5.74, 6) is 0.213. The summed E-state index contributed by atoms with van der Waals surface area (Å²) in [6, 6.07) is 10.9. The third-order valence-electron chi connectivity index (χ3n) is 3.76. The van der Waals surface area contributed by atoms with E-state index in [-0.39, 0.29) is 5.91 Å². The molecule has 0 saturated heterocycles. The molecule has 0 aliphatic heterocycles. The molecule has 0 saturated carbocycles. The predicted octanol–water partition coefficient (Wildman–Crippen LogP) is 2.86. The van der Waals surface area contributed by atoms with Crippen molar-refractivity contribution in [2.75, 3.05) is 25.1 Å². The molecule has 0 radical (unpaired) electrons. The highest BCUT2D eigenvalue weighted by Gasteiger charge is 2.21.